The Kier molecular flexibility index (Phi) is 7.16. The van der Waals surface area contributed by atoms with Crippen LogP contribution in [0.1, 0.15) is 44.1 Å². The van der Waals surface area contributed by atoms with Gasteiger partial charge < -0.3 is 15.4 Å². The summed E-state index contributed by atoms with van der Waals surface area (Å²) in [6.07, 6.45) is 7.38. The van der Waals surface area contributed by atoms with Gasteiger partial charge in [0.15, 0.2) is 0 Å². The maximum atomic E-state index is 13.4. The Labute approximate surface area is 131 Å². The van der Waals surface area contributed by atoms with E-state index in [0.29, 0.717) is 24.8 Å². The van der Waals surface area contributed by atoms with Crippen LogP contribution in [-0.4, -0.2) is 25.3 Å². The van der Waals surface area contributed by atoms with Gasteiger partial charge in [-0.1, -0.05) is 37.5 Å². The molecule has 0 saturated heterocycles. The van der Waals surface area contributed by atoms with Crippen LogP contribution in [-0.2, 0) is 11.3 Å². The van der Waals surface area contributed by atoms with Crippen LogP contribution < -0.4 is 10.6 Å². The topological polar surface area (TPSA) is 50.4 Å². The molecule has 2 N–H and O–H groups in total. The molecule has 0 unspecified atom stereocenters. The standard InChI is InChI=1S/C17H25FN2O2/c18-16-10-5-4-7-14(16)13-20-17(21)19-11-6-12-22-15-8-2-1-3-9-15/h4-5,7,10,15H,1-3,6,8-9,11-13H2,(H2,19,20,21). The molecule has 1 aliphatic rings. The minimum absolute atomic E-state index is 0.192. The summed E-state index contributed by atoms with van der Waals surface area (Å²) in [6, 6.07) is 6.15. The van der Waals surface area contributed by atoms with Gasteiger partial charge in [-0.15, -0.1) is 0 Å². The van der Waals surface area contributed by atoms with Gasteiger partial charge in [0.2, 0.25) is 0 Å². The average Bonchev–Trinajstić information content (AvgIpc) is 2.55. The third-order valence-electron chi connectivity index (χ3n) is 3.91. The second-order valence-electron chi connectivity index (χ2n) is 5.69. The SMILES string of the molecule is O=C(NCCCOC1CCCCC1)NCc1ccccc1F. The highest BCUT2D eigenvalue weighted by molar-refractivity contribution is 5.73. The van der Waals surface area contributed by atoms with Crippen molar-refractivity contribution in [2.24, 2.45) is 0 Å². The van der Waals surface area contributed by atoms with Gasteiger partial charge in [0, 0.05) is 25.3 Å². The molecule has 0 atom stereocenters. The van der Waals surface area contributed by atoms with E-state index in [1.165, 1.54) is 25.3 Å². The fourth-order valence-corrected chi connectivity index (χ4v) is 2.64. The Morgan fingerprint density at radius 3 is 2.73 bits per heavy atom. The second-order valence-corrected chi connectivity index (χ2v) is 5.69. The summed E-state index contributed by atoms with van der Waals surface area (Å²) in [5.74, 6) is -0.302. The minimum Gasteiger partial charge on any atom is -0.378 e. The quantitative estimate of drug-likeness (QED) is 0.759. The molecule has 0 aromatic heterocycles. The summed E-state index contributed by atoms with van der Waals surface area (Å²) in [5, 5.41) is 5.41. The van der Waals surface area contributed by atoms with Crippen LogP contribution in [0.2, 0.25) is 0 Å². The van der Waals surface area contributed by atoms with Gasteiger partial charge in [-0.05, 0) is 25.3 Å². The van der Waals surface area contributed by atoms with Crippen molar-refractivity contribution in [1.82, 2.24) is 10.6 Å². The summed E-state index contributed by atoms with van der Waals surface area (Å²) < 4.78 is 19.2. The van der Waals surface area contributed by atoms with E-state index < -0.39 is 0 Å². The molecule has 2 amide bonds. The van der Waals surface area contributed by atoms with Crippen molar-refractivity contribution in [3.63, 3.8) is 0 Å². The molecule has 122 valence electrons. The number of rotatable bonds is 7. The number of ether oxygens (including phenoxy) is 1. The van der Waals surface area contributed by atoms with Gasteiger partial charge in [-0.3, -0.25) is 0 Å². The summed E-state index contributed by atoms with van der Waals surface area (Å²) in [6.45, 7) is 1.44. The minimum atomic E-state index is -0.302. The van der Waals surface area contributed by atoms with Crippen molar-refractivity contribution < 1.29 is 13.9 Å². The number of nitrogens with one attached hydrogen (secondary N) is 2. The molecule has 5 heteroatoms. The summed E-state index contributed by atoms with van der Waals surface area (Å²) in [7, 11) is 0. The van der Waals surface area contributed by atoms with E-state index in [0.717, 1.165) is 19.3 Å². The molecule has 1 saturated carbocycles. The van der Waals surface area contributed by atoms with Crippen molar-refractivity contribution in [3.05, 3.63) is 35.6 Å². The first-order valence-corrected chi connectivity index (χ1v) is 8.12. The molecular formula is C17H25FN2O2. The van der Waals surface area contributed by atoms with Crippen molar-refractivity contribution >= 4 is 6.03 Å². The predicted molar refractivity (Wildman–Crippen MR) is 84.1 cm³/mol. The molecule has 0 bridgehead atoms. The molecule has 1 aromatic rings. The maximum absolute atomic E-state index is 13.4. The van der Waals surface area contributed by atoms with E-state index in [1.54, 1.807) is 18.2 Å². The fourth-order valence-electron chi connectivity index (χ4n) is 2.64. The lowest BCUT2D eigenvalue weighted by Gasteiger charge is -2.21. The Morgan fingerprint density at radius 1 is 1.18 bits per heavy atom. The van der Waals surface area contributed by atoms with Crippen LogP contribution in [0.5, 0.6) is 0 Å². The van der Waals surface area contributed by atoms with Crippen molar-refractivity contribution in [1.29, 1.82) is 0 Å². The lowest BCUT2D eigenvalue weighted by Crippen LogP contribution is -2.36. The molecule has 22 heavy (non-hydrogen) atoms. The van der Waals surface area contributed by atoms with E-state index in [9.17, 15) is 9.18 Å². The normalized spacial score (nSPS) is 15.5. The number of carbonyl (C=O) groups is 1. The van der Waals surface area contributed by atoms with Gasteiger partial charge in [0.1, 0.15) is 5.82 Å². The highest BCUT2D eigenvalue weighted by atomic mass is 19.1. The monoisotopic (exact) mass is 308 g/mol. The molecular weight excluding hydrogens is 283 g/mol. The molecule has 0 heterocycles. The van der Waals surface area contributed by atoms with Crippen LogP contribution in [0.25, 0.3) is 0 Å². The van der Waals surface area contributed by atoms with Gasteiger partial charge >= 0.3 is 6.03 Å². The Balaban J connectivity index is 1.51. The van der Waals surface area contributed by atoms with Gasteiger partial charge in [-0.25, -0.2) is 9.18 Å². The number of halogens is 1. The fraction of sp³-hybridized carbons (Fsp3) is 0.588. The van der Waals surface area contributed by atoms with Crippen molar-refractivity contribution in [2.75, 3.05) is 13.2 Å². The average molecular weight is 308 g/mol. The smallest absolute Gasteiger partial charge is 0.315 e. The summed E-state index contributed by atoms with van der Waals surface area (Å²) in [5.41, 5.74) is 0.485. The highest BCUT2D eigenvalue weighted by Crippen LogP contribution is 2.20. The van der Waals surface area contributed by atoms with Crippen LogP contribution in [0.15, 0.2) is 24.3 Å². The molecule has 0 spiro atoms. The largest absolute Gasteiger partial charge is 0.378 e. The van der Waals surface area contributed by atoms with Crippen LogP contribution in [0, 0.1) is 5.82 Å². The summed E-state index contributed by atoms with van der Waals surface area (Å²) >= 11 is 0. The number of amides is 2. The highest BCUT2D eigenvalue weighted by Gasteiger charge is 2.13. The van der Waals surface area contributed by atoms with Crippen LogP contribution >= 0.6 is 0 Å². The molecule has 2 rings (SSSR count). The zero-order chi connectivity index (χ0) is 15.6. The Bertz CT molecular complexity index is 462. The zero-order valence-corrected chi connectivity index (χ0v) is 12.9. The van der Waals surface area contributed by atoms with Gasteiger partial charge in [0.05, 0.1) is 6.10 Å². The number of hydrogen-bond acceptors (Lipinski definition) is 2. The number of urea groups is 1. The maximum Gasteiger partial charge on any atom is 0.315 e. The Hall–Kier alpha value is -1.62. The predicted octanol–water partition coefficient (Wildman–Crippen LogP) is 3.36. The van der Waals surface area contributed by atoms with Crippen LogP contribution in [0.3, 0.4) is 0 Å². The van der Waals surface area contributed by atoms with E-state index in [4.69, 9.17) is 4.74 Å². The number of hydrogen-bond donors (Lipinski definition) is 2. The first-order chi connectivity index (χ1) is 10.8. The molecule has 0 radical (unpaired) electrons. The molecule has 4 nitrogen and oxygen atoms in total. The van der Waals surface area contributed by atoms with Crippen LogP contribution in [0.4, 0.5) is 9.18 Å². The number of benzene rings is 1. The van der Waals surface area contributed by atoms with Gasteiger partial charge in [-0.2, -0.15) is 0 Å². The first-order valence-electron chi connectivity index (χ1n) is 8.12. The van der Waals surface area contributed by atoms with E-state index in [2.05, 4.69) is 10.6 Å². The lowest BCUT2D eigenvalue weighted by atomic mass is 9.98. The van der Waals surface area contributed by atoms with E-state index in [-0.39, 0.29) is 18.4 Å². The Morgan fingerprint density at radius 2 is 1.95 bits per heavy atom. The lowest BCUT2D eigenvalue weighted by molar-refractivity contribution is 0.0275. The third kappa shape index (κ3) is 6.02. The van der Waals surface area contributed by atoms with Crippen molar-refractivity contribution in [2.45, 2.75) is 51.2 Å². The van der Waals surface area contributed by atoms with E-state index >= 15 is 0 Å². The second kappa shape index (κ2) is 9.41. The van der Waals surface area contributed by atoms with E-state index in [1.807, 2.05) is 0 Å². The molecule has 0 aliphatic heterocycles. The first kappa shape index (κ1) is 16.7. The number of carbonyl (C=O) groups excluding carboxylic acids is 1. The van der Waals surface area contributed by atoms with Gasteiger partial charge in [0.25, 0.3) is 0 Å². The molecule has 1 fully saturated rings. The third-order valence-corrected chi connectivity index (χ3v) is 3.91. The molecule has 1 aromatic carbocycles. The zero-order valence-electron chi connectivity index (χ0n) is 12.9. The molecule has 1 aliphatic carbocycles. The van der Waals surface area contributed by atoms with Crippen molar-refractivity contribution in [3.8, 4) is 0 Å². The summed E-state index contributed by atoms with van der Waals surface area (Å²) in [4.78, 5) is 11.6.